The first-order valence-electron chi connectivity index (χ1n) is 6.76. The lowest BCUT2D eigenvalue weighted by atomic mass is 10.1. The van der Waals surface area contributed by atoms with Crippen LogP contribution in [0, 0.1) is 13.8 Å². The third-order valence-corrected chi connectivity index (χ3v) is 3.79. The predicted octanol–water partition coefficient (Wildman–Crippen LogP) is 3.77. The Balaban J connectivity index is 1.87. The first-order valence-corrected chi connectivity index (χ1v) is 6.76. The third-order valence-electron chi connectivity index (χ3n) is 3.79. The highest BCUT2D eigenvalue weighted by Crippen LogP contribution is 2.22. The van der Waals surface area contributed by atoms with Gasteiger partial charge in [-0.3, -0.25) is 0 Å². The summed E-state index contributed by atoms with van der Waals surface area (Å²) in [6.07, 6.45) is 0. The van der Waals surface area contributed by atoms with Gasteiger partial charge in [-0.05, 0) is 43.2 Å². The second-order valence-corrected chi connectivity index (χ2v) is 5.06. The Labute approximate surface area is 118 Å². The van der Waals surface area contributed by atoms with Gasteiger partial charge in [0, 0.05) is 7.05 Å². The van der Waals surface area contributed by atoms with Gasteiger partial charge in [0.15, 0.2) is 0 Å². The molecule has 0 unspecified atom stereocenters. The molecule has 0 fully saturated rings. The van der Waals surface area contributed by atoms with Crippen molar-refractivity contribution in [1.82, 2.24) is 9.55 Å². The van der Waals surface area contributed by atoms with E-state index in [1.165, 1.54) is 11.1 Å². The maximum atomic E-state index is 5.93. The second kappa shape index (κ2) is 5.00. The Kier molecular flexibility index (Phi) is 3.18. The average molecular weight is 266 g/mol. The molecule has 0 aliphatic rings. The van der Waals surface area contributed by atoms with Crippen molar-refractivity contribution >= 4 is 11.0 Å². The normalized spacial score (nSPS) is 10.9. The monoisotopic (exact) mass is 266 g/mol. The van der Waals surface area contributed by atoms with E-state index in [0.29, 0.717) is 6.61 Å². The Hall–Kier alpha value is -2.29. The van der Waals surface area contributed by atoms with E-state index in [2.05, 4.69) is 35.5 Å². The van der Waals surface area contributed by atoms with Gasteiger partial charge >= 0.3 is 0 Å². The molecule has 20 heavy (non-hydrogen) atoms. The van der Waals surface area contributed by atoms with Crippen molar-refractivity contribution in [3.8, 4) is 5.75 Å². The smallest absolute Gasteiger partial charge is 0.147 e. The molecule has 1 aromatic heterocycles. The van der Waals surface area contributed by atoms with Gasteiger partial charge in [0.1, 0.15) is 18.2 Å². The first-order chi connectivity index (χ1) is 9.66. The zero-order valence-electron chi connectivity index (χ0n) is 12.1. The zero-order chi connectivity index (χ0) is 14.1. The topological polar surface area (TPSA) is 27.1 Å². The van der Waals surface area contributed by atoms with Gasteiger partial charge in [0.25, 0.3) is 0 Å². The van der Waals surface area contributed by atoms with Crippen molar-refractivity contribution in [2.24, 2.45) is 7.05 Å². The van der Waals surface area contributed by atoms with Crippen LogP contribution in [0.25, 0.3) is 11.0 Å². The quantitative estimate of drug-likeness (QED) is 0.721. The number of rotatable bonds is 3. The molecule has 0 spiro atoms. The van der Waals surface area contributed by atoms with Gasteiger partial charge in [-0.25, -0.2) is 4.98 Å². The minimum atomic E-state index is 0.482. The number of aryl methyl sites for hydroxylation is 2. The molecule has 3 aromatic rings. The van der Waals surface area contributed by atoms with E-state index in [1.54, 1.807) is 0 Å². The van der Waals surface area contributed by atoms with Crippen molar-refractivity contribution in [1.29, 1.82) is 0 Å². The van der Waals surface area contributed by atoms with Crippen LogP contribution < -0.4 is 4.74 Å². The summed E-state index contributed by atoms with van der Waals surface area (Å²) in [6, 6.07) is 14.2. The van der Waals surface area contributed by atoms with E-state index in [1.807, 2.05) is 37.4 Å². The number of benzene rings is 2. The van der Waals surface area contributed by atoms with Crippen LogP contribution in [0.4, 0.5) is 0 Å². The summed E-state index contributed by atoms with van der Waals surface area (Å²) in [5.41, 5.74) is 4.57. The van der Waals surface area contributed by atoms with Gasteiger partial charge in [0.05, 0.1) is 11.0 Å². The molecule has 2 aromatic carbocycles. The number of imidazole rings is 1. The number of nitrogens with zero attached hydrogens (tertiary/aromatic N) is 2. The van der Waals surface area contributed by atoms with Gasteiger partial charge in [-0.15, -0.1) is 0 Å². The number of para-hydroxylation sites is 2. The molecule has 0 atom stereocenters. The van der Waals surface area contributed by atoms with Crippen LogP contribution in [-0.4, -0.2) is 9.55 Å². The number of ether oxygens (including phenoxy) is 1. The van der Waals surface area contributed by atoms with E-state index in [4.69, 9.17) is 4.74 Å². The van der Waals surface area contributed by atoms with Crippen LogP contribution in [0.15, 0.2) is 42.5 Å². The van der Waals surface area contributed by atoms with E-state index in [-0.39, 0.29) is 0 Å². The summed E-state index contributed by atoms with van der Waals surface area (Å²) in [5.74, 6) is 1.86. The third kappa shape index (κ3) is 2.16. The fourth-order valence-electron chi connectivity index (χ4n) is 2.35. The van der Waals surface area contributed by atoms with Crippen LogP contribution in [0.2, 0.25) is 0 Å². The highest BCUT2D eigenvalue weighted by molar-refractivity contribution is 5.75. The van der Waals surface area contributed by atoms with Crippen LogP contribution in [0.1, 0.15) is 17.0 Å². The van der Waals surface area contributed by atoms with Crippen molar-refractivity contribution in [3.05, 3.63) is 59.4 Å². The molecule has 3 heteroatoms. The van der Waals surface area contributed by atoms with Gasteiger partial charge in [-0.1, -0.05) is 24.3 Å². The number of fused-ring (bicyclic) bond motifs is 1. The zero-order valence-corrected chi connectivity index (χ0v) is 12.1. The minimum absolute atomic E-state index is 0.482. The molecule has 0 radical (unpaired) electrons. The van der Waals surface area contributed by atoms with Crippen molar-refractivity contribution < 1.29 is 4.74 Å². The van der Waals surface area contributed by atoms with Crippen LogP contribution in [-0.2, 0) is 13.7 Å². The molecule has 0 aliphatic heterocycles. The predicted molar refractivity (Wildman–Crippen MR) is 81.0 cm³/mol. The second-order valence-electron chi connectivity index (χ2n) is 5.06. The molecular weight excluding hydrogens is 248 g/mol. The number of hydrogen-bond donors (Lipinski definition) is 0. The molecule has 0 saturated carbocycles. The maximum Gasteiger partial charge on any atom is 0.147 e. The molecule has 1 heterocycles. The van der Waals surface area contributed by atoms with Crippen LogP contribution in [0.3, 0.4) is 0 Å². The largest absolute Gasteiger partial charge is 0.485 e. The summed E-state index contributed by atoms with van der Waals surface area (Å²) in [6.45, 7) is 4.66. The molecule has 3 rings (SSSR count). The summed E-state index contributed by atoms with van der Waals surface area (Å²) >= 11 is 0. The van der Waals surface area contributed by atoms with Crippen LogP contribution >= 0.6 is 0 Å². The Morgan fingerprint density at radius 1 is 1.05 bits per heavy atom. The van der Waals surface area contributed by atoms with E-state index < -0.39 is 0 Å². The number of aromatic nitrogens is 2. The summed E-state index contributed by atoms with van der Waals surface area (Å²) in [5, 5.41) is 0. The number of hydrogen-bond acceptors (Lipinski definition) is 2. The summed E-state index contributed by atoms with van der Waals surface area (Å²) in [4.78, 5) is 4.62. The van der Waals surface area contributed by atoms with Crippen molar-refractivity contribution in [3.63, 3.8) is 0 Å². The Bertz CT molecular complexity index is 759. The van der Waals surface area contributed by atoms with Crippen molar-refractivity contribution in [2.75, 3.05) is 0 Å². The molecule has 3 nitrogen and oxygen atoms in total. The molecule has 102 valence electrons. The van der Waals surface area contributed by atoms with Crippen LogP contribution in [0.5, 0.6) is 5.75 Å². The van der Waals surface area contributed by atoms with E-state index in [9.17, 15) is 0 Å². The average Bonchev–Trinajstić information content (AvgIpc) is 2.78. The minimum Gasteiger partial charge on any atom is -0.485 e. The summed E-state index contributed by atoms with van der Waals surface area (Å²) < 4.78 is 8.01. The fourth-order valence-corrected chi connectivity index (χ4v) is 2.35. The summed E-state index contributed by atoms with van der Waals surface area (Å²) in [7, 11) is 2.02. The molecule has 0 bridgehead atoms. The molecule has 0 N–H and O–H groups in total. The molecular formula is C17H18N2O. The van der Waals surface area contributed by atoms with E-state index in [0.717, 1.165) is 22.6 Å². The van der Waals surface area contributed by atoms with E-state index >= 15 is 0 Å². The SMILES string of the molecule is Cc1cccc(OCc2nc3ccccc3n2C)c1C. The maximum absolute atomic E-state index is 5.93. The molecule has 0 aliphatic carbocycles. The first kappa shape index (κ1) is 12.7. The lowest BCUT2D eigenvalue weighted by molar-refractivity contribution is 0.290. The fraction of sp³-hybridized carbons (Fsp3) is 0.235. The Morgan fingerprint density at radius 3 is 2.65 bits per heavy atom. The highest BCUT2D eigenvalue weighted by atomic mass is 16.5. The molecule has 0 amide bonds. The van der Waals surface area contributed by atoms with Gasteiger partial charge in [0.2, 0.25) is 0 Å². The lowest BCUT2D eigenvalue weighted by Gasteiger charge is -2.10. The standard InChI is InChI=1S/C17H18N2O/c1-12-7-6-10-16(13(12)2)20-11-17-18-14-8-4-5-9-15(14)19(17)3/h4-10H,11H2,1-3H3. The van der Waals surface area contributed by atoms with Gasteiger partial charge in [-0.2, -0.15) is 0 Å². The molecule has 0 saturated heterocycles. The van der Waals surface area contributed by atoms with Gasteiger partial charge < -0.3 is 9.30 Å². The highest BCUT2D eigenvalue weighted by Gasteiger charge is 2.08. The Morgan fingerprint density at radius 2 is 1.85 bits per heavy atom. The lowest BCUT2D eigenvalue weighted by Crippen LogP contribution is -2.04. The van der Waals surface area contributed by atoms with Crippen molar-refractivity contribution in [2.45, 2.75) is 20.5 Å².